The van der Waals surface area contributed by atoms with Crippen molar-refractivity contribution in [1.29, 1.82) is 0 Å². The second-order valence-corrected chi connectivity index (χ2v) is 4.85. The minimum absolute atomic E-state index is 0.442. The van der Waals surface area contributed by atoms with E-state index in [-0.39, 0.29) is 0 Å². The summed E-state index contributed by atoms with van der Waals surface area (Å²) < 4.78 is 0. The third-order valence-corrected chi connectivity index (χ3v) is 3.36. The number of aromatic nitrogens is 2. The minimum atomic E-state index is 0.442. The molecule has 0 amide bonds. The van der Waals surface area contributed by atoms with Crippen LogP contribution < -0.4 is 11.2 Å². The lowest BCUT2D eigenvalue weighted by molar-refractivity contribution is 0.178. The topological polar surface area (TPSA) is 70.3 Å². The first-order chi connectivity index (χ1) is 9.22. The number of hydrazine groups is 1. The smallest absolute Gasteiger partial charge is 0.184 e. The summed E-state index contributed by atoms with van der Waals surface area (Å²) in [6.45, 7) is 3.97. The molecule has 0 aliphatic carbocycles. The lowest BCUT2D eigenvalue weighted by Crippen LogP contribution is -2.47. The number of hydrogen-bond acceptors (Lipinski definition) is 6. The second-order valence-electron chi connectivity index (χ2n) is 4.85. The Balaban J connectivity index is 1.82. The highest BCUT2D eigenvalue weighted by molar-refractivity contribution is 5.79. The Morgan fingerprint density at radius 1 is 1.05 bits per heavy atom. The number of nitrogens with one attached hydrogen (secondary N) is 1. The summed E-state index contributed by atoms with van der Waals surface area (Å²) in [5.74, 6) is 1.08. The molecule has 3 N–H and O–H groups in total. The maximum absolute atomic E-state index is 5.96. The Hall–Kier alpha value is -1.92. The number of rotatable bonds is 2. The van der Waals surface area contributed by atoms with E-state index in [0.717, 1.165) is 37.2 Å². The lowest BCUT2D eigenvalue weighted by Gasteiger charge is -2.32. The molecule has 3 rings (SSSR count). The van der Waals surface area contributed by atoms with Crippen LogP contribution in [-0.4, -0.2) is 53.1 Å². The standard InChI is InChI=1S/C13H18N6/c1-18-6-8-19(9-7-18)17-13-12(14)15-10-4-2-3-5-11(10)16-13/h2-5H,6-9H2,1H3,(H2,14,15)(H,16,17). The number of hydrogen-bond donors (Lipinski definition) is 2. The van der Waals surface area contributed by atoms with Crippen molar-refractivity contribution in [1.82, 2.24) is 19.9 Å². The van der Waals surface area contributed by atoms with Gasteiger partial charge in [-0.1, -0.05) is 12.1 Å². The first-order valence-electron chi connectivity index (χ1n) is 6.45. The quantitative estimate of drug-likeness (QED) is 0.830. The summed E-state index contributed by atoms with van der Waals surface area (Å²) in [4.78, 5) is 11.2. The van der Waals surface area contributed by atoms with Crippen molar-refractivity contribution in [2.75, 3.05) is 44.4 Å². The highest BCUT2D eigenvalue weighted by Gasteiger charge is 2.15. The van der Waals surface area contributed by atoms with Crippen LogP contribution in [0, 0.1) is 0 Å². The highest BCUT2D eigenvalue weighted by atomic mass is 15.5. The maximum atomic E-state index is 5.96. The summed E-state index contributed by atoms with van der Waals surface area (Å²) in [7, 11) is 2.13. The Kier molecular flexibility index (Phi) is 3.18. The molecule has 1 aromatic carbocycles. The van der Waals surface area contributed by atoms with Crippen LogP contribution in [0.4, 0.5) is 11.6 Å². The molecule has 1 saturated heterocycles. The molecule has 0 bridgehead atoms. The Morgan fingerprint density at radius 2 is 1.68 bits per heavy atom. The summed E-state index contributed by atoms with van der Waals surface area (Å²) in [6.07, 6.45) is 0. The fraction of sp³-hybridized carbons (Fsp3) is 0.385. The molecule has 0 saturated carbocycles. The van der Waals surface area contributed by atoms with E-state index in [1.54, 1.807) is 0 Å². The molecule has 2 heterocycles. The number of piperazine rings is 1. The molecule has 1 aliphatic heterocycles. The second kappa shape index (κ2) is 4.99. The molecule has 2 aromatic rings. The average Bonchev–Trinajstić information content (AvgIpc) is 2.42. The fourth-order valence-corrected chi connectivity index (χ4v) is 2.16. The van der Waals surface area contributed by atoms with Crippen molar-refractivity contribution in [3.05, 3.63) is 24.3 Å². The third-order valence-electron chi connectivity index (χ3n) is 3.36. The van der Waals surface area contributed by atoms with Gasteiger partial charge in [0.2, 0.25) is 0 Å². The van der Waals surface area contributed by atoms with Crippen molar-refractivity contribution >= 4 is 22.7 Å². The van der Waals surface area contributed by atoms with E-state index in [0.29, 0.717) is 11.6 Å². The van der Waals surface area contributed by atoms with E-state index in [2.05, 4.69) is 32.4 Å². The van der Waals surface area contributed by atoms with E-state index >= 15 is 0 Å². The Labute approximate surface area is 112 Å². The van der Waals surface area contributed by atoms with Gasteiger partial charge in [0.15, 0.2) is 11.6 Å². The predicted octanol–water partition coefficient (Wildman–Crippen LogP) is 0.786. The molecular weight excluding hydrogens is 240 g/mol. The van der Waals surface area contributed by atoms with Crippen LogP contribution in [0.1, 0.15) is 0 Å². The number of likely N-dealkylation sites (N-methyl/N-ethyl adjacent to an activating group) is 1. The van der Waals surface area contributed by atoms with Gasteiger partial charge >= 0.3 is 0 Å². The minimum Gasteiger partial charge on any atom is -0.381 e. The predicted molar refractivity (Wildman–Crippen MR) is 76.6 cm³/mol. The molecule has 0 unspecified atom stereocenters. The Morgan fingerprint density at radius 3 is 2.37 bits per heavy atom. The number of anilines is 2. The monoisotopic (exact) mass is 258 g/mol. The van der Waals surface area contributed by atoms with E-state index in [9.17, 15) is 0 Å². The molecule has 0 spiro atoms. The maximum Gasteiger partial charge on any atom is 0.184 e. The largest absolute Gasteiger partial charge is 0.381 e. The SMILES string of the molecule is CN1CCN(Nc2nc3ccccc3nc2N)CC1. The van der Waals surface area contributed by atoms with Gasteiger partial charge < -0.3 is 10.6 Å². The molecule has 1 aromatic heterocycles. The van der Waals surface area contributed by atoms with Crippen molar-refractivity contribution in [3.63, 3.8) is 0 Å². The lowest BCUT2D eigenvalue weighted by atomic mass is 10.3. The number of fused-ring (bicyclic) bond motifs is 1. The number of nitrogen functional groups attached to an aromatic ring is 1. The molecule has 1 fully saturated rings. The highest BCUT2D eigenvalue weighted by Crippen LogP contribution is 2.19. The van der Waals surface area contributed by atoms with Crippen LogP contribution in [0.5, 0.6) is 0 Å². The summed E-state index contributed by atoms with van der Waals surface area (Å²) in [5, 5.41) is 2.13. The zero-order valence-electron chi connectivity index (χ0n) is 11.0. The van der Waals surface area contributed by atoms with Crippen molar-refractivity contribution < 1.29 is 0 Å². The van der Waals surface area contributed by atoms with Crippen LogP contribution in [0.3, 0.4) is 0 Å². The number of benzene rings is 1. The summed E-state index contributed by atoms with van der Waals surface area (Å²) >= 11 is 0. The third kappa shape index (κ3) is 2.59. The van der Waals surface area contributed by atoms with Gasteiger partial charge in [0.25, 0.3) is 0 Å². The molecule has 19 heavy (non-hydrogen) atoms. The van der Waals surface area contributed by atoms with Crippen LogP contribution >= 0.6 is 0 Å². The van der Waals surface area contributed by atoms with E-state index in [1.165, 1.54) is 0 Å². The zero-order valence-corrected chi connectivity index (χ0v) is 11.0. The van der Waals surface area contributed by atoms with Gasteiger partial charge in [-0.3, -0.25) is 5.43 Å². The van der Waals surface area contributed by atoms with Gasteiger partial charge in [-0.15, -0.1) is 0 Å². The van der Waals surface area contributed by atoms with Crippen molar-refractivity contribution in [3.8, 4) is 0 Å². The normalized spacial score (nSPS) is 17.7. The summed E-state index contributed by atoms with van der Waals surface area (Å²) in [6, 6.07) is 7.74. The van der Waals surface area contributed by atoms with Crippen LogP contribution in [-0.2, 0) is 0 Å². The van der Waals surface area contributed by atoms with Gasteiger partial charge in [0.1, 0.15) is 0 Å². The number of nitrogens with zero attached hydrogens (tertiary/aromatic N) is 4. The Bertz CT molecular complexity index is 576. The van der Waals surface area contributed by atoms with Gasteiger partial charge in [0, 0.05) is 26.2 Å². The van der Waals surface area contributed by atoms with Crippen molar-refractivity contribution in [2.24, 2.45) is 0 Å². The van der Waals surface area contributed by atoms with Crippen LogP contribution in [0.25, 0.3) is 11.0 Å². The van der Waals surface area contributed by atoms with E-state index in [1.807, 2.05) is 24.3 Å². The molecule has 0 radical (unpaired) electrons. The van der Waals surface area contributed by atoms with Gasteiger partial charge in [0.05, 0.1) is 11.0 Å². The molecular formula is C13H18N6. The van der Waals surface area contributed by atoms with Gasteiger partial charge in [-0.2, -0.15) is 0 Å². The average molecular weight is 258 g/mol. The summed E-state index contributed by atoms with van der Waals surface area (Å²) in [5.41, 5.74) is 10.9. The number of para-hydroxylation sites is 2. The van der Waals surface area contributed by atoms with Gasteiger partial charge in [-0.25, -0.2) is 15.0 Å². The molecule has 0 atom stereocenters. The van der Waals surface area contributed by atoms with Crippen LogP contribution in [0.15, 0.2) is 24.3 Å². The molecule has 6 nitrogen and oxygen atoms in total. The zero-order chi connectivity index (χ0) is 13.2. The van der Waals surface area contributed by atoms with E-state index < -0.39 is 0 Å². The van der Waals surface area contributed by atoms with Crippen LogP contribution in [0.2, 0.25) is 0 Å². The first-order valence-corrected chi connectivity index (χ1v) is 6.45. The first kappa shape index (κ1) is 12.1. The fourth-order valence-electron chi connectivity index (χ4n) is 2.16. The molecule has 1 aliphatic rings. The van der Waals surface area contributed by atoms with Gasteiger partial charge in [-0.05, 0) is 19.2 Å². The molecule has 6 heteroatoms. The van der Waals surface area contributed by atoms with E-state index in [4.69, 9.17) is 5.73 Å². The molecule has 100 valence electrons. The van der Waals surface area contributed by atoms with Crippen molar-refractivity contribution in [2.45, 2.75) is 0 Å². The number of nitrogens with two attached hydrogens (primary N) is 1.